The van der Waals surface area contributed by atoms with Gasteiger partial charge in [-0.2, -0.15) is 0 Å². The molecule has 0 bridgehead atoms. The van der Waals surface area contributed by atoms with Gasteiger partial charge in [0.05, 0.1) is 6.42 Å². The van der Waals surface area contributed by atoms with Crippen molar-refractivity contribution >= 4 is 17.7 Å². The predicted molar refractivity (Wildman–Crippen MR) is 53.5 cm³/mol. The number of hydrogen-bond acceptors (Lipinski definition) is 3. The van der Waals surface area contributed by atoms with Crippen LogP contribution in [0, 0.1) is 0 Å². The molecule has 0 unspecified atom stereocenters. The van der Waals surface area contributed by atoms with Crippen molar-refractivity contribution in [3.8, 4) is 0 Å². The van der Waals surface area contributed by atoms with E-state index in [1.807, 2.05) is 12.1 Å². The summed E-state index contributed by atoms with van der Waals surface area (Å²) in [5, 5.41) is 0. The molecule has 1 heterocycles. The van der Waals surface area contributed by atoms with E-state index >= 15 is 0 Å². The second-order valence-electron chi connectivity index (χ2n) is 2.56. The van der Waals surface area contributed by atoms with Gasteiger partial charge < -0.3 is 5.73 Å². The molecule has 1 amide bonds. The predicted octanol–water partition coefficient (Wildman–Crippen LogP) is 1.22. The number of carbonyl (C=O) groups excluding carboxylic acids is 1. The average Bonchev–Trinajstić information content (AvgIpc) is 2.08. The number of aromatic nitrogens is 1. The molecule has 0 aromatic carbocycles. The van der Waals surface area contributed by atoms with Crippen LogP contribution in [0.15, 0.2) is 23.2 Å². The van der Waals surface area contributed by atoms with E-state index < -0.39 is 0 Å². The molecule has 0 aliphatic rings. The Bertz CT molecular complexity index is 284. The molecule has 1 rings (SSSR count). The Kier molecular flexibility index (Phi) is 3.76. The summed E-state index contributed by atoms with van der Waals surface area (Å²) in [5.74, 6) is 0.681. The first-order valence-electron chi connectivity index (χ1n) is 4.08. The largest absolute Gasteiger partial charge is 0.369 e. The van der Waals surface area contributed by atoms with E-state index in [4.69, 9.17) is 5.73 Å². The van der Waals surface area contributed by atoms with Crippen LogP contribution in [0.5, 0.6) is 0 Å². The summed E-state index contributed by atoms with van der Waals surface area (Å²) in [6.45, 7) is 2.09. The number of pyridine rings is 1. The lowest BCUT2D eigenvalue weighted by Gasteiger charge is -1.99. The van der Waals surface area contributed by atoms with Gasteiger partial charge in [-0.15, -0.1) is 11.8 Å². The maximum atomic E-state index is 10.6. The number of amides is 1. The van der Waals surface area contributed by atoms with Crippen LogP contribution in [0.1, 0.15) is 12.6 Å². The van der Waals surface area contributed by atoms with Crippen LogP contribution >= 0.6 is 11.8 Å². The van der Waals surface area contributed by atoms with E-state index in [0.29, 0.717) is 0 Å². The maximum absolute atomic E-state index is 10.6. The normalized spacial score (nSPS) is 9.92. The molecule has 70 valence electrons. The molecule has 0 atom stereocenters. The molecule has 0 aliphatic heterocycles. The van der Waals surface area contributed by atoms with E-state index in [0.717, 1.165) is 16.3 Å². The highest BCUT2D eigenvalue weighted by molar-refractivity contribution is 7.99. The fraction of sp³-hybridized carbons (Fsp3) is 0.333. The molecule has 4 heteroatoms. The molecular weight excluding hydrogens is 184 g/mol. The monoisotopic (exact) mass is 196 g/mol. The summed E-state index contributed by atoms with van der Waals surface area (Å²) in [7, 11) is 0. The van der Waals surface area contributed by atoms with Gasteiger partial charge >= 0.3 is 0 Å². The van der Waals surface area contributed by atoms with Crippen LogP contribution in [0.4, 0.5) is 0 Å². The SMILES string of the molecule is CCSc1ccc(CC(N)=O)nc1. The van der Waals surface area contributed by atoms with Crippen molar-refractivity contribution in [3.05, 3.63) is 24.0 Å². The lowest BCUT2D eigenvalue weighted by molar-refractivity contribution is -0.117. The molecule has 0 radical (unpaired) electrons. The maximum Gasteiger partial charge on any atom is 0.223 e. The van der Waals surface area contributed by atoms with E-state index in [9.17, 15) is 4.79 Å². The summed E-state index contributed by atoms with van der Waals surface area (Å²) in [6.07, 6.45) is 1.99. The Morgan fingerprint density at radius 2 is 2.38 bits per heavy atom. The van der Waals surface area contributed by atoms with Gasteiger partial charge in [-0.1, -0.05) is 6.92 Å². The smallest absolute Gasteiger partial charge is 0.223 e. The highest BCUT2D eigenvalue weighted by atomic mass is 32.2. The van der Waals surface area contributed by atoms with Crippen molar-refractivity contribution in [1.29, 1.82) is 0 Å². The molecule has 13 heavy (non-hydrogen) atoms. The number of nitrogens with zero attached hydrogens (tertiary/aromatic N) is 1. The minimum absolute atomic E-state index is 0.219. The van der Waals surface area contributed by atoms with Gasteiger partial charge in [-0.3, -0.25) is 9.78 Å². The van der Waals surface area contributed by atoms with E-state index in [1.165, 1.54) is 0 Å². The second-order valence-corrected chi connectivity index (χ2v) is 3.90. The van der Waals surface area contributed by atoms with Crippen LogP contribution < -0.4 is 5.73 Å². The first-order chi connectivity index (χ1) is 6.22. The lowest BCUT2D eigenvalue weighted by Crippen LogP contribution is -2.14. The zero-order chi connectivity index (χ0) is 9.68. The Morgan fingerprint density at radius 1 is 1.62 bits per heavy atom. The third-order valence-corrected chi connectivity index (χ3v) is 2.33. The Morgan fingerprint density at radius 3 is 2.85 bits per heavy atom. The van der Waals surface area contributed by atoms with Crippen LogP contribution in [0.25, 0.3) is 0 Å². The van der Waals surface area contributed by atoms with Crippen LogP contribution in [0.2, 0.25) is 0 Å². The number of hydrogen-bond donors (Lipinski definition) is 1. The van der Waals surface area contributed by atoms with Gasteiger partial charge in [0.2, 0.25) is 5.91 Å². The second kappa shape index (κ2) is 4.87. The first-order valence-corrected chi connectivity index (χ1v) is 5.07. The fourth-order valence-electron chi connectivity index (χ4n) is 0.946. The molecule has 0 saturated heterocycles. The molecule has 1 aromatic rings. The van der Waals surface area contributed by atoms with Crippen molar-refractivity contribution in [2.24, 2.45) is 5.73 Å². The minimum atomic E-state index is -0.344. The lowest BCUT2D eigenvalue weighted by atomic mass is 10.3. The van der Waals surface area contributed by atoms with Gasteiger partial charge in [-0.05, 0) is 17.9 Å². The summed E-state index contributed by atoms with van der Waals surface area (Å²) in [5.41, 5.74) is 5.77. The third kappa shape index (κ3) is 3.46. The topological polar surface area (TPSA) is 56.0 Å². The molecule has 0 fully saturated rings. The number of rotatable bonds is 4. The van der Waals surface area contributed by atoms with Gasteiger partial charge in [0.1, 0.15) is 0 Å². The fourth-order valence-corrected chi connectivity index (χ4v) is 1.57. The van der Waals surface area contributed by atoms with Crippen LogP contribution in [-0.4, -0.2) is 16.6 Å². The summed E-state index contributed by atoms with van der Waals surface area (Å²) >= 11 is 1.72. The number of thioether (sulfide) groups is 1. The molecule has 1 aromatic heterocycles. The van der Waals surface area contributed by atoms with Gasteiger partial charge in [-0.25, -0.2) is 0 Å². The van der Waals surface area contributed by atoms with Gasteiger partial charge in [0.15, 0.2) is 0 Å². The van der Waals surface area contributed by atoms with Crippen LogP contribution in [-0.2, 0) is 11.2 Å². The van der Waals surface area contributed by atoms with E-state index in [2.05, 4.69) is 11.9 Å². The van der Waals surface area contributed by atoms with Crippen molar-refractivity contribution in [2.45, 2.75) is 18.2 Å². The Balaban J connectivity index is 2.64. The van der Waals surface area contributed by atoms with Crippen molar-refractivity contribution < 1.29 is 4.79 Å². The number of nitrogens with two attached hydrogens (primary N) is 1. The van der Waals surface area contributed by atoms with Crippen molar-refractivity contribution in [3.63, 3.8) is 0 Å². The molecule has 3 nitrogen and oxygen atoms in total. The quantitative estimate of drug-likeness (QED) is 0.737. The summed E-state index contributed by atoms with van der Waals surface area (Å²) in [6, 6.07) is 3.79. The van der Waals surface area contributed by atoms with Gasteiger partial charge in [0.25, 0.3) is 0 Å². The molecule has 0 saturated carbocycles. The minimum Gasteiger partial charge on any atom is -0.369 e. The first kappa shape index (κ1) is 10.1. The standard InChI is InChI=1S/C9H12N2OS/c1-2-13-8-4-3-7(11-6-8)5-9(10)12/h3-4,6H,2,5H2,1H3,(H2,10,12). The molecule has 0 spiro atoms. The Hall–Kier alpha value is -1.03. The molecular formula is C9H12N2OS. The van der Waals surface area contributed by atoms with Crippen LogP contribution in [0.3, 0.4) is 0 Å². The summed E-state index contributed by atoms with van der Waals surface area (Å²) < 4.78 is 0. The number of primary amides is 1. The molecule has 2 N–H and O–H groups in total. The van der Waals surface area contributed by atoms with E-state index in [1.54, 1.807) is 18.0 Å². The Labute approximate surface area is 81.7 Å². The van der Waals surface area contributed by atoms with Crippen molar-refractivity contribution in [1.82, 2.24) is 4.98 Å². The highest BCUT2D eigenvalue weighted by Crippen LogP contribution is 2.15. The van der Waals surface area contributed by atoms with Gasteiger partial charge in [0, 0.05) is 16.8 Å². The van der Waals surface area contributed by atoms with Crippen molar-refractivity contribution in [2.75, 3.05) is 5.75 Å². The number of carbonyl (C=O) groups is 1. The highest BCUT2D eigenvalue weighted by Gasteiger charge is 1.99. The molecule has 0 aliphatic carbocycles. The van der Waals surface area contributed by atoms with E-state index in [-0.39, 0.29) is 12.3 Å². The average molecular weight is 196 g/mol. The summed E-state index contributed by atoms with van der Waals surface area (Å²) in [4.78, 5) is 15.8. The third-order valence-electron chi connectivity index (χ3n) is 1.46. The zero-order valence-electron chi connectivity index (χ0n) is 7.49. The zero-order valence-corrected chi connectivity index (χ0v) is 8.30.